The minimum atomic E-state index is 0.554. The normalized spacial score (nSPS) is 14.3. The fourth-order valence-corrected chi connectivity index (χ4v) is 5.47. The van der Waals surface area contributed by atoms with Crippen LogP contribution in [-0.2, 0) is 25.7 Å². The van der Waals surface area contributed by atoms with Gasteiger partial charge in [-0.2, -0.15) is 0 Å². The maximum atomic E-state index is 2.48. The highest BCUT2D eigenvalue weighted by atomic mass is 14.2. The Hall–Kier alpha value is -3.12. The van der Waals surface area contributed by atoms with Gasteiger partial charge in [-0.3, -0.25) is 0 Å². The zero-order chi connectivity index (χ0) is 23.7. The van der Waals surface area contributed by atoms with Crippen molar-refractivity contribution in [1.29, 1.82) is 0 Å². The molecule has 0 heterocycles. The zero-order valence-electron chi connectivity index (χ0n) is 21.1. The molecule has 0 unspecified atom stereocenters. The number of rotatable bonds is 4. The summed E-state index contributed by atoms with van der Waals surface area (Å²) in [6.07, 6.45) is 13.7. The highest BCUT2D eigenvalue weighted by Crippen LogP contribution is 2.35. The van der Waals surface area contributed by atoms with E-state index in [4.69, 9.17) is 0 Å². The standard InChI is InChI=1S/C34H36/c1-23(2)13-15-25-21-27-17-19-32-28(18-20-31(27)33-11-7-5-9-29(25)33)22-26(16-14-24(3)4)30-10-6-8-12-34(30)32/h5-16,21-24H,17-20H2,1-4H3/b15-13-,16-14+. The quantitative estimate of drug-likeness (QED) is 0.294. The Balaban J connectivity index is 1.63. The fourth-order valence-electron chi connectivity index (χ4n) is 5.47. The summed E-state index contributed by atoms with van der Waals surface area (Å²) in [4.78, 5) is 0. The number of allylic oxidation sites excluding steroid dienone is 2. The van der Waals surface area contributed by atoms with Gasteiger partial charge in [-0.05, 0) is 92.4 Å². The Morgan fingerprint density at radius 1 is 0.529 bits per heavy atom. The van der Waals surface area contributed by atoms with E-state index < -0.39 is 0 Å². The average molecular weight is 445 g/mol. The topological polar surface area (TPSA) is 0 Å². The largest absolute Gasteiger partial charge is 0.0814 e. The van der Waals surface area contributed by atoms with Crippen molar-refractivity contribution < 1.29 is 0 Å². The summed E-state index contributed by atoms with van der Waals surface area (Å²) in [5.41, 5.74) is 8.89. The number of fused-ring (bicyclic) bond motifs is 6. The van der Waals surface area contributed by atoms with Crippen LogP contribution in [0.2, 0.25) is 0 Å². The van der Waals surface area contributed by atoms with Crippen molar-refractivity contribution in [3.05, 3.63) is 106 Å². The zero-order valence-corrected chi connectivity index (χ0v) is 21.1. The molecule has 34 heavy (non-hydrogen) atoms. The van der Waals surface area contributed by atoms with Crippen molar-refractivity contribution >= 4 is 33.7 Å². The van der Waals surface area contributed by atoms with E-state index in [2.05, 4.69) is 113 Å². The molecule has 0 aromatic heterocycles. The maximum absolute atomic E-state index is 2.48. The molecule has 0 radical (unpaired) electrons. The third-order valence-corrected chi connectivity index (χ3v) is 7.17. The summed E-state index contributed by atoms with van der Waals surface area (Å²) in [6, 6.07) is 23.0. The Bertz CT molecular complexity index is 1290. The Morgan fingerprint density at radius 3 is 1.29 bits per heavy atom. The maximum Gasteiger partial charge on any atom is -0.0109 e. The molecule has 0 saturated carbocycles. The average Bonchev–Trinajstić information content (AvgIpc) is 2.82. The van der Waals surface area contributed by atoms with Gasteiger partial charge in [-0.25, -0.2) is 0 Å². The van der Waals surface area contributed by atoms with Gasteiger partial charge < -0.3 is 0 Å². The van der Waals surface area contributed by atoms with E-state index in [1.54, 1.807) is 11.1 Å². The van der Waals surface area contributed by atoms with Crippen molar-refractivity contribution in [3.8, 4) is 0 Å². The number of hydrogen-bond donors (Lipinski definition) is 0. The first-order valence-corrected chi connectivity index (χ1v) is 12.9. The highest BCUT2D eigenvalue weighted by Gasteiger charge is 2.18. The van der Waals surface area contributed by atoms with Crippen LogP contribution in [0.1, 0.15) is 61.1 Å². The lowest BCUT2D eigenvalue weighted by molar-refractivity contribution is 0.836. The van der Waals surface area contributed by atoms with E-state index >= 15 is 0 Å². The van der Waals surface area contributed by atoms with Gasteiger partial charge in [-0.1, -0.05) is 113 Å². The van der Waals surface area contributed by atoms with Crippen LogP contribution >= 0.6 is 0 Å². The van der Waals surface area contributed by atoms with Gasteiger partial charge in [0.1, 0.15) is 0 Å². The second-order valence-corrected chi connectivity index (χ2v) is 10.5. The third kappa shape index (κ3) is 4.47. The molecule has 0 nitrogen and oxygen atoms in total. The van der Waals surface area contributed by atoms with E-state index in [9.17, 15) is 0 Å². The first-order chi connectivity index (χ1) is 16.5. The van der Waals surface area contributed by atoms with Crippen molar-refractivity contribution in [2.75, 3.05) is 0 Å². The van der Waals surface area contributed by atoms with E-state index in [1.807, 2.05) is 0 Å². The van der Waals surface area contributed by atoms with Gasteiger partial charge >= 0.3 is 0 Å². The lowest BCUT2D eigenvalue weighted by Crippen LogP contribution is -2.09. The minimum absolute atomic E-state index is 0.554. The molecule has 4 aromatic carbocycles. The molecule has 0 atom stereocenters. The van der Waals surface area contributed by atoms with Gasteiger partial charge in [0.2, 0.25) is 0 Å². The molecule has 172 valence electrons. The van der Waals surface area contributed by atoms with Crippen molar-refractivity contribution in [3.63, 3.8) is 0 Å². The van der Waals surface area contributed by atoms with Crippen molar-refractivity contribution in [1.82, 2.24) is 0 Å². The Kier molecular flexibility index (Phi) is 6.42. The van der Waals surface area contributed by atoms with Gasteiger partial charge in [0, 0.05) is 0 Å². The molecule has 0 fully saturated rings. The SMILES string of the molecule is CC(C)/C=C\c1cc2c(c3ccccc13)CCc1cc(/C=C/C(C)C)c3ccccc3c1CC2. The van der Waals surface area contributed by atoms with Crippen LogP contribution in [0.15, 0.2) is 72.8 Å². The summed E-state index contributed by atoms with van der Waals surface area (Å²) < 4.78 is 0. The second-order valence-electron chi connectivity index (χ2n) is 10.5. The molecule has 4 aromatic rings. The lowest BCUT2D eigenvalue weighted by atomic mass is 9.82. The lowest BCUT2D eigenvalue weighted by Gasteiger charge is -2.22. The molecule has 0 spiro atoms. The number of hydrogen-bond acceptors (Lipinski definition) is 0. The van der Waals surface area contributed by atoms with Crippen LogP contribution in [0.5, 0.6) is 0 Å². The summed E-state index contributed by atoms with van der Waals surface area (Å²) in [5, 5.41) is 5.65. The summed E-state index contributed by atoms with van der Waals surface area (Å²) in [7, 11) is 0. The van der Waals surface area contributed by atoms with E-state index in [1.165, 1.54) is 43.8 Å². The van der Waals surface area contributed by atoms with Gasteiger partial charge in [0.15, 0.2) is 0 Å². The van der Waals surface area contributed by atoms with E-state index in [-0.39, 0.29) is 0 Å². The van der Waals surface area contributed by atoms with Crippen LogP contribution < -0.4 is 0 Å². The monoisotopic (exact) mass is 444 g/mol. The first kappa shape index (κ1) is 22.7. The predicted octanol–water partition coefficient (Wildman–Crippen LogP) is 9.22. The molecule has 0 N–H and O–H groups in total. The Morgan fingerprint density at radius 2 is 0.912 bits per heavy atom. The molecule has 0 aliphatic heterocycles. The molecular weight excluding hydrogens is 408 g/mol. The van der Waals surface area contributed by atoms with Crippen LogP contribution in [-0.4, -0.2) is 0 Å². The number of aryl methyl sites for hydroxylation is 4. The third-order valence-electron chi connectivity index (χ3n) is 7.17. The Labute approximate surface area is 205 Å². The summed E-state index contributed by atoms with van der Waals surface area (Å²) >= 11 is 0. The van der Waals surface area contributed by atoms with Crippen molar-refractivity contribution in [2.24, 2.45) is 11.8 Å². The molecule has 0 heteroatoms. The first-order valence-electron chi connectivity index (χ1n) is 12.9. The highest BCUT2D eigenvalue weighted by molar-refractivity contribution is 5.96. The van der Waals surface area contributed by atoms with Crippen LogP contribution in [0.3, 0.4) is 0 Å². The molecular formula is C34H36. The fraction of sp³-hybridized carbons (Fsp3) is 0.294. The van der Waals surface area contributed by atoms with Gasteiger partial charge in [0.25, 0.3) is 0 Å². The van der Waals surface area contributed by atoms with Gasteiger partial charge in [-0.15, -0.1) is 0 Å². The smallest absolute Gasteiger partial charge is 0.0109 e. The van der Waals surface area contributed by atoms with Crippen LogP contribution in [0.4, 0.5) is 0 Å². The summed E-state index contributed by atoms with van der Waals surface area (Å²) in [6.45, 7) is 9.00. The molecule has 1 aliphatic carbocycles. The second kappa shape index (κ2) is 9.63. The van der Waals surface area contributed by atoms with Crippen LogP contribution in [0, 0.1) is 11.8 Å². The summed E-state index contributed by atoms with van der Waals surface area (Å²) in [5.74, 6) is 1.11. The minimum Gasteiger partial charge on any atom is -0.0814 e. The van der Waals surface area contributed by atoms with Gasteiger partial charge in [0.05, 0.1) is 0 Å². The molecule has 1 aliphatic rings. The van der Waals surface area contributed by atoms with Crippen LogP contribution in [0.25, 0.3) is 33.7 Å². The predicted molar refractivity (Wildman–Crippen MR) is 150 cm³/mol. The van der Waals surface area contributed by atoms with E-state index in [0.717, 1.165) is 25.7 Å². The number of benzene rings is 4. The van der Waals surface area contributed by atoms with E-state index in [0.29, 0.717) is 11.8 Å². The molecule has 0 amide bonds. The molecule has 5 rings (SSSR count). The molecule has 0 saturated heterocycles. The van der Waals surface area contributed by atoms with Crippen molar-refractivity contribution in [2.45, 2.75) is 53.4 Å². The molecule has 0 bridgehead atoms.